The summed E-state index contributed by atoms with van der Waals surface area (Å²) < 4.78 is 11.5. The van der Waals surface area contributed by atoms with Gasteiger partial charge in [0, 0.05) is 5.56 Å². The summed E-state index contributed by atoms with van der Waals surface area (Å²) in [5.74, 6) is 0.655. The molecular formula is C25H19Cl2NO4S. The molecular weight excluding hydrogens is 481 g/mol. The molecule has 5 nitrogen and oxygen atoms in total. The van der Waals surface area contributed by atoms with Gasteiger partial charge in [-0.15, -0.1) is 0 Å². The van der Waals surface area contributed by atoms with Crippen LogP contribution in [0.15, 0.2) is 71.6 Å². The molecule has 3 aromatic rings. The summed E-state index contributed by atoms with van der Waals surface area (Å²) in [6, 6.07) is 20.2. The molecule has 8 heteroatoms. The molecule has 0 saturated carbocycles. The van der Waals surface area contributed by atoms with Gasteiger partial charge in [0.25, 0.3) is 11.1 Å². The lowest BCUT2D eigenvalue weighted by atomic mass is 10.1. The zero-order valence-electron chi connectivity index (χ0n) is 17.6. The van der Waals surface area contributed by atoms with Gasteiger partial charge in [-0.2, -0.15) is 0 Å². The van der Waals surface area contributed by atoms with Gasteiger partial charge in [0.1, 0.15) is 6.61 Å². The maximum Gasteiger partial charge on any atom is 0.293 e. The quantitative estimate of drug-likeness (QED) is 0.334. The number of para-hydroxylation sites is 1. The number of methoxy groups -OCH3 is 1. The van der Waals surface area contributed by atoms with E-state index in [0.717, 1.165) is 17.3 Å². The summed E-state index contributed by atoms with van der Waals surface area (Å²) in [5.41, 5.74) is 2.35. The van der Waals surface area contributed by atoms with Crippen molar-refractivity contribution in [2.75, 3.05) is 7.11 Å². The third-order valence-corrected chi connectivity index (χ3v) is 6.59. The van der Waals surface area contributed by atoms with Gasteiger partial charge in [-0.05, 0) is 47.2 Å². The maximum absolute atomic E-state index is 13.0. The minimum atomic E-state index is -0.382. The molecule has 0 bridgehead atoms. The lowest BCUT2D eigenvalue weighted by Gasteiger charge is -2.14. The average molecular weight is 500 g/mol. The van der Waals surface area contributed by atoms with E-state index in [0.29, 0.717) is 44.2 Å². The first kappa shape index (κ1) is 23.2. The van der Waals surface area contributed by atoms with Gasteiger partial charge < -0.3 is 9.47 Å². The number of rotatable bonds is 7. The fourth-order valence-electron chi connectivity index (χ4n) is 3.29. The molecule has 168 valence electrons. The number of hydrogen-bond donors (Lipinski definition) is 0. The number of amides is 2. The van der Waals surface area contributed by atoms with Crippen LogP contribution in [-0.2, 0) is 17.9 Å². The number of thioether (sulfide) groups is 1. The van der Waals surface area contributed by atoms with Crippen molar-refractivity contribution < 1.29 is 19.1 Å². The Kier molecular flexibility index (Phi) is 7.28. The average Bonchev–Trinajstić information content (AvgIpc) is 3.08. The first-order valence-electron chi connectivity index (χ1n) is 9.99. The van der Waals surface area contributed by atoms with Gasteiger partial charge in [0.15, 0.2) is 11.5 Å². The zero-order chi connectivity index (χ0) is 23.4. The topological polar surface area (TPSA) is 55.8 Å². The molecule has 4 rings (SSSR count). The number of halogens is 2. The fourth-order valence-corrected chi connectivity index (χ4v) is 4.44. The molecule has 2 amide bonds. The van der Waals surface area contributed by atoms with E-state index in [1.165, 1.54) is 4.90 Å². The van der Waals surface area contributed by atoms with Crippen molar-refractivity contribution in [3.05, 3.63) is 98.4 Å². The number of benzene rings is 3. The van der Waals surface area contributed by atoms with E-state index in [1.807, 2.05) is 36.4 Å². The highest BCUT2D eigenvalue weighted by Gasteiger charge is 2.35. The van der Waals surface area contributed by atoms with Crippen LogP contribution in [0.1, 0.15) is 16.7 Å². The molecule has 1 aliphatic heterocycles. The minimum absolute atomic E-state index is 0.106. The van der Waals surface area contributed by atoms with Crippen molar-refractivity contribution in [1.82, 2.24) is 4.90 Å². The summed E-state index contributed by atoms with van der Waals surface area (Å²) in [4.78, 5) is 27.1. The Bertz CT molecular complexity index is 1230. The number of imide groups is 1. The second-order valence-corrected chi connectivity index (χ2v) is 8.98. The van der Waals surface area contributed by atoms with Crippen LogP contribution in [0.25, 0.3) is 6.08 Å². The van der Waals surface area contributed by atoms with Crippen LogP contribution in [0, 0.1) is 0 Å². The second-order valence-electron chi connectivity index (χ2n) is 7.17. The van der Waals surface area contributed by atoms with E-state index < -0.39 is 0 Å². The summed E-state index contributed by atoms with van der Waals surface area (Å²) in [7, 11) is 1.56. The van der Waals surface area contributed by atoms with Crippen LogP contribution in [0.2, 0.25) is 10.0 Å². The minimum Gasteiger partial charge on any atom is -0.493 e. The van der Waals surface area contributed by atoms with Crippen molar-refractivity contribution in [3.63, 3.8) is 0 Å². The number of hydrogen-bond acceptors (Lipinski definition) is 5. The Morgan fingerprint density at radius 2 is 1.73 bits per heavy atom. The molecule has 0 aromatic heterocycles. The van der Waals surface area contributed by atoms with Gasteiger partial charge in [-0.25, -0.2) is 0 Å². The van der Waals surface area contributed by atoms with Crippen LogP contribution in [0.4, 0.5) is 4.79 Å². The zero-order valence-corrected chi connectivity index (χ0v) is 19.9. The number of ether oxygens (including phenoxy) is 2. The highest BCUT2D eigenvalue weighted by atomic mass is 35.5. The lowest BCUT2D eigenvalue weighted by Crippen LogP contribution is -2.27. The predicted octanol–water partition coefficient (Wildman–Crippen LogP) is 6.82. The normalized spacial score (nSPS) is 14.8. The first-order valence-corrected chi connectivity index (χ1v) is 11.6. The summed E-state index contributed by atoms with van der Waals surface area (Å²) in [6.45, 7) is 0.440. The van der Waals surface area contributed by atoms with Crippen molar-refractivity contribution in [3.8, 4) is 11.5 Å². The van der Waals surface area contributed by atoms with Crippen molar-refractivity contribution in [2.24, 2.45) is 0 Å². The van der Waals surface area contributed by atoms with Crippen LogP contribution in [-0.4, -0.2) is 23.2 Å². The fraction of sp³-hybridized carbons (Fsp3) is 0.120. The maximum atomic E-state index is 13.0. The van der Waals surface area contributed by atoms with Gasteiger partial charge in [0.05, 0.1) is 28.6 Å². The van der Waals surface area contributed by atoms with E-state index in [1.54, 1.807) is 43.5 Å². The van der Waals surface area contributed by atoms with Crippen LogP contribution in [0.5, 0.6) is 11.5 Å². The first-order chi connectivity index (χ1) is 16.0. The highest BCUT2D eigenvalue weighted by molar-refractivity contribution is 8.18. The lowest BCUT2D eigenvalue weighted by molar-refractivity contribution is -0.123. The Hall–Kier alpha value is -2.93. The van der Waals surface area contributed by atoms with Crippen LogP contribution < -0.4 is 9.47 Å². The Balaban J connectivity index is 1.58. The molecule has 1 aliphatic rings. The van der Waals surface area contributed by atoms with Crippen molar-refractivity contribution in [2.45, 2.75) is 13.2 Å². The Labute approximate surface area is 205 Å². The molecule has 0 N–H and O–H groups in total. The SMILES string of the molecule is COc1cccc(/C=C2\SC(=O)N(Cc3ccc(Cl)c(Cl)c3)C2=O)c1OCc1ccccc1. The van der Waals surface area contributed by atoms with Gasteiger partial charge in [-0.1, -0.05) is 71.7 Å². The van der Waals surface area contributed by atoms with Crippen LogP contribution in [0.3, 0.4) is 0 Å². The third kappa shape index (κ3) is 5.36. The monoisotopic (exact) mass is 499 g/mol. The summed E-state index contributed by atoms with van der Waals surface area (Å²) in [6.07, 6.45) is 1.66. The van der Waals surface area contributed by atoms with Gasteiger partial charge in [-0.3, -0.25) is 14.5 Å². The van der Waals surface area contributed by atoms with Crippen molar-refractivity contribution in [1.29, 1.82) is 0 Å². The summed E-state index contributed by atoms with van der Waals surface area (Å²) in [5, 5.41) is 0.427. The molecule has 1 saturated heterocycles. The molecule has 1 heterocycles. The van der Waals surface area contributed by atoms with E-state index in [4.69, 9.17) is 32.7 Å². The van der Waals surface area contributed by atoms with E-state index in [9.17, 15) is 9.59 Å². The molecule has 0 aliphatic carbocycles. The predicted molar refractivity (Wildman–Crippen MR) is 132 cm³/mol. The van der Waals surface area contributed by atoms with Crippen LogP contribution >= 0.6 is 35.0 Å². The molecule has 0 atom stereocenters. The largest absolute Gasteiger partial charge is 0.493 e. The van der Waals surface area contributed by atoms with Gasteiger partial charge >= 0.3 is 0 Å². The van der Waals surface area contributed by atoms with Crippen molar-refractivity contribution >= 4 is 52.2 Å². The van der Waals surface area contributed by atoms with E-state index >= 15 is 0 Å². The smallest absolute Gasteiger partial charge is 0.293 e. The number of carbonyl (C=O) groups is 2. The summed E-state index contributed by atoms with van der Waals surface area (Å²) >= 11 is 12.9. The number of carbonyl (C=O) groups excluding carboxylic acids is 2. The second kappa shape index (κ2) is 10.3. The molecule has 0 spiro atoms. The highest BCUT2D eigenvalue weighted by Crippen LogP contribution is 2.38. The van der Waals surface area contributed by atoms with Gasteiger partial charge in [0.2, 0.25) is 0 Å². The Morgan fingerprint density at radius 3 is 2.45 bits per heavy atom. The third-order valence-electron chi connectivity index (χ3n) is 4.94. The molecule has 0 unspecified atom stereocenters. The molecule has 3 aromatic carbocycles. The molecule has 33 heavy (non-hydrogen) atoms. The number of nitrogens with zero attached hydrogens (tertiary/aromatic N) is 1. The van der Waals surface area contributed by atoms with E-state index in [2.05, 4.69) is 0 Å². The standard InChI is InChI=1S/C25H19Cl2NO4S/c1-31-21-9-5-8-18(23(21)32-15-16-6-3-2-4-7-16)13-22-24(29)28(25(30)33-22)14-17-10-11-19(26)20(27)12-17/h2-13H,14-15H2,1H3/b22-13-. The Morgan fingerprint density at radius 1 is 0.939 bits per heavy atom. The molecule has 0 radical (unpaired) electrons. The van der Waals surface area contributed by atoms with E-state index in [-0.39, 0.29) is 17.7 Å². The molecule has 1 fully saturated rings.